The average Bonchev–Trinajstić information content (AvgIpc) is 2.25. The summed E-state index contributed by atoms with van der Waals surface area (Å²) in [6, 6.07) is 6.29. The lowest BCUT2D eigenvalue weighted by Gasteiger charge is -2.18. The van der Waals surface area contributed by atoms with Gasteiger partial charge < -0.3 is 14.8 Å². The monoisotopic (exact) mass is 207 g/mol. The number of hydrogen-bond donors (Lipinski definition) is 1. The number of phenolic OH excluding ortho intramolecular Hbond substituents is 1. The minimum atomic E-state index is -0.331. The molecule has 1 aromatic rings. The molecule has 0 saturated carbocycles. The van der Waals surface area contributed by atoms with Crippen molar-refractivity contribution < 1.29 is 14.7 Å². The van der Waals surface area contributed by atoms with Crippen LogP contribution in [-0.4, -0.2) is 35.3 Å². The second kappa shape index (κ2) is 5.14. The van der Waals surface area contributed by atoms with Crippen LogP contribution in [0.2, 0.25) is 0 Å². The summed E-state index contributed by atoms with van der Waals surface area (Å²) in [5.41, 5.74) is 0.223. The molecule has 0 aliphatic rings. The molecular weight excluding hydrogens is 194 g/mol. The van der Waals surface area contributed by atoms with Crippen LogP contribution in [0, 0.1) is 0 Å². The first-order valence-electron chi connectivity index (χ1n) is 4.71. The number of hydrogen-bond acceptors (Lipinski definition) is 3. The molecule has 0 unspecified atom stereocenters. The van der Waals surface area contributed by atoms with Gasteiger partial charge in [0.15, 0.2) is 0 Å². The number of carbonyl (C=O) groups excluding carboxylic acids is 2. The summed E-state index contributed by atoms with van der Waals surface area (Å²) in [6.07, 6.45) is 0.668. The highest BCUT2D eigenvalue weighted by Crippen LogP contribution is 2.17. The van der Waals surface area contributed by atoms with Gasteiger partial charge >= 0.3 is 0 Å². The van der Waals surface area contributed by atoms with E-state index in [4.69, 9.17) is 0 Å². The van der Waals surface area contributed by atoms with Crippen LogP contribution in [0.1, 0.15) is 17.3 Å². The molecule has 1 rings (SSSR count). The Kier molecular flexibility index (Phi) is 3.85. The fraction of sp³-hybridized carbons (Fsp3) is 0.273. The molecule has 15 heavy (non-hydrogen) atoms. The Bertz CT molecular complexity index is 363. The molecule has 0 saturated heterocycles. The van der Waals surface area contributed by atoms with Gasteiger partial charge in [0.2, 0.25) is 0 Å². The number of benzene rings is 1. The molecule has 80 valence electrons. The topological polar surface area (TPSA) is 57.6 Å². The third-order valence-corrected chi connectivity index (χ3v) is 2.10. The van der Waals surface area contributed by atoms with Crippen LogP contribution in [0.5, 0.6) is 5.75 Å². The Labute approximate surface area is 88.1 Å². The van der Waals surface area contributed by atoms with E-state index < -0.39 is 0 Å². The fourth-order valence-electron chi connectivity index (χ4n) is 1.27. The molecular formula is C11H13NO3. The van der Waals surface area contributed by atoms with Crippen LogP contribution in [0.3, 0.4) is 0 Å². The number of aromatic hydroxyl groups is 1. The summed E-state index contributed by atoms with van der Waals surface area (Å²) in [5, 5.41) is 9.46. The molecule has 1 aromatic carbocycles. The van der Waals surface area contributed by atoms with E-state index in [1.807, 2.05) is 0 Å². The van der Waals surface area contributed by atoms with Crippen molar-refractivity contribution in [1.29, 1.82) is 0 Å². The largest absolute Gasteiger partial charge is 0.507 e. The van der Waals surface area contributed by atoms with E-state index in [0.29, 0.717) is 12.8 Å². The Morgan fingerprint density at radius 1 is 1.47 bits per heavy atom. The quantitative estimate of drug-likeness (QED) is 0.751. The number of phenols is 1. The Morgan fingerprint density at radius 2 is 2.13 bits per heavy atom. The van der Waals surface area contributed by atoms with Gasteiger partial charge in [-0.05, 0) is 19.1 Å². The Balaban J connectivity index is 2.92. The Morgan fingerprint density at radius 3 is 2.67 bits per heavy atom. The van der Waals surface area contributed by atoms with Gasteiger partial charge in [-0.2, -0.15) is 0 Å². The van der Waals surface area contributed by atoms with Gasteiger partial charge in [-0.15, -0.1) is 0 Å². The first-order chi connectivity index (χ1) is 7.20. The Hall–Kier alpha value is -1.84. The number of likely N-dealkylation sites (N-methyl/N-ethyl adjacent to an activating group) is 1. The molecule has 4 nitrogen and oxygen atoms in total. The van der Waals surface area contributed by atoms with Crippen LogP contribution in [0.25, 0.3) is 0 Å². The molecule has 1 amide bonds. The summed E-state index contributed by atoms with van der Waals surface area (Å²) in [6.45, 7) is 2.26. The molecule has 0 fully saturated rings. The average molecular weight is 207 g/mol. The minimum absolute atomic E-state index is 0.0453. The number of para-hydroxylation sites is 1. The van der Waals surface area contributed by atoms with Gasteiger partial charge in [-0.1, -0.05) is 12.1 Å². The van der Waals surface area contributed by atoms with Gasteiger partial charge in [-0.3, -0.25) is 4.79 Å². The molecule has 4 heteroatoms. The van der Waals surface area contributed by atoms with Crippen molar-refractivity contribution in [3.63, 3.8) is 0 Å². The third kappa shape index (κ3) is 2.56. The van der Waals surface area contributed by atoms with E-state index in [9.17, 15) is 14.7 Å². The van der Waals surface area contributed by atoms with E-state index in [1.165, 1.54) is 17.0 Å². The van der Waals surface area contributed by atoms with E-state index in [-0.39, 0.29) is 23.8 Å². The van der Waals surface area contributed by atoms with Crippen LogP contribution in [0.4, 0.5) is 0 Å². The summed E-state index contributed by atoms with van der Waals surface area (Å²) in [7, 11) is 0. The summed E-state index contributed by atoms with van der Waals surface area (Å²) in [4.78, 5) is 23.5. The van der Waals surface area contributed by atoms with Crippen molar-refractivity contribution in [3.05, 3.63) is 29.8 Å². The standard InChI is InChI=1S/C11H13NO3/c1-2-12(7-8-13)11(15)9-5-3-4-6-10(9)14/h3-6,8,14H,2,7H2,1H3. The molecule has 0 aliphatic heterocycles. The van der Waals surface area contributed by atoms with E-state index in [1.54, 1.807) is 19.1 Å². The third-order valence-electron chi connectivity index (χ3n) is 2.10. The summed E-state index contributed by atoms with van der Waals surface area (Å²) >= 11 is 0. The molecule has 0 radical (unpaired) electrons. The SMILES string of the molecule is CCN(CC=O)C(=O)c1ccccc1O. The second-order valence-electron chi connectivity index (χ2n) is 3.03. The zero-order valence-electron chi connectivity index (χ0n) is 8.51. The maximum Gasteiger partial charge on any atom is 0.257 e. The highest BCUT2D eigenvalue weighted by atomic mass is 16.3. The normalized spacial score (nSPS) is 9.67. The van der Waals surface area contributed by atoms with Gasteiger partial charge in [0, 0.05) is 6.54 Å². The molecule has 0 bridgehead atoms. The number of carbonyl (C=O) groups is 2. The minimum Gasteiger partial charge on any atom is -0.507 e. The van der Waals surface area contributed by atoms with Gasteiger partial charge in [0.05, 0.1) is 12.1 Å². The second-order valence-corrected chi connectivity index (χ2v) is 3.03. The lowest BCUT2D eigenvalue weighted by Crippen LogP contribution is -2.32. The molecule has 0 aromatic heterocycles. The van der Waals surface area contributed by atoms with E-state index in [0.717, 1.165) is 0 Å². The summed E-state index contributed by atoms with van der Waals surface area (Å²) in [5.74, 6) is -0.394. The molecule has 0 atom stereocenters. The first kappa shape index (κ1) is 11.2. The lowest BCUT2D eigenvalue weighted by atomic mass is 10.2. The molecule has 0 aliphatic carbocycles. The lowest BCUT2D eigenvalue weighted by molar-refractivity contribution is -0.108. The zero-order valence-corrected chi connectivity index (χ0v) is 8.51. The van der Waals surface area contributed by atoms with Crippen LogP contribution in [-0.2, 0) is 4.79 Å². The first-order valence-corrected chi connectivity index (χ1v) is 4.71. The zero-order chi connectivity index (χ0) is 11.3. The highest BCUT2D eigenvalue weighted by Gasteiger charge is 2.16. The van der Waals surface area contributed by atoms with Gasteiger partial charge in [0.25, 0.3) is 5.91 Å². The van der Waals surface area contributed by atoms with Crippen molar-refractivity contribution >= 4 is 12.2 Å². The van der Waals surface area contributed by atoms with Crippen molar-refractivity contribution in [2.45, 2.75) is 6.92 Å². The van der Waals surface area contributed by atoms with Crippen LogP contribution >= 0.6 is 0 Å². The predicted octanol–water partition coefficient (Wildman–Crippen LogP) is 1.05. The maximum atomic E-state index is 11.8. The van der Waals surface area contributed by atoms with E-state index in [2.05, 4.69) is 0 Å². The summed E-state index contributed by atoms with van der Waals surface area (Å²) < 4.78 is 0. The van der Waals surface area contributed by atoms with Crippen molar-refractivity contribution in [2.75, 3.05) is 13.1 Å². The van der Waals surface area contributed by atoms with Crippen molar-refractivity contribution in [3.8, 4) is 5.75 Å². The van der Waals surface area contributed by atoms with Gasteiger partial charge in [0.1, 0.15) is 12.0 Å². The van der Waals surface area contributed by atoms with Crippen molar-refractivity contribution in [1.82, 2.24) is 4.90 Å². The number of nitrogens with zero attached hydrogens (tertiary/aromatic N) is 1. The maximum absolute atomic E-state index is 11.8. The van der Waals surface area contributed by atoms with E-state index >= 15 is 0 Å². The van der Waals surface area contributed by atoms with Crippen molar-refractivity contribution in [2.24, 2.45) is 0 Å². The molecule has 0 heterocycles. The van der Waals surface area contributed by atoms with Crippen LogP contribution < -0.4 is 0 Å². The number of rotatable bonds is 4. The predicted molar refractivity (Wildman–Crippen MR) is 55.7 cm³/mol. The molecule has 1 N–H and O–H groups in total. The fourth-order valence-corrected chi connectivity index (χ4v) is 1.27. The molecule has 0 spiro atoms. The smallest absolute Gasteiger partial charge is 0.257 e. The number of amides is 1. The highest BCUT2D eigenvalue weighted by molar-refractivity contribution is 5.97. The van der Waals surface area contributed by atoms with Crippen LogP contribution in [0.15, 0.2) is 24.3 Å². The number of aldehydes is 1. The van der Waals surface area contributed by atoms with Gasteiger partial charge in [-0.25, -0.2) is 0 Å².